The molecule has 9 heteroatoms. The molecule has 1 saturated carbocycles. The smallest absolute Gasteiger partial charge is 0.271 e. The molecule has 152 valence electrons. The number of carbonyl (C=O) groups excluding carboxylic acids is 1. The Morgan fingerprint density at radius 2 is 1.90 bits per heavy atom. The first-order chi connectivity index (χ1) is 13.9. The Hall–Kier alpha value is -3.00. The number of nitrogens with zero attached hydrogens (tertiary/aromatic N) is 1. The van der Waals surface area contributed by atoms with Crippen molar-refractivity contribution in [2.24, 2.45) is 0 Å². The summed E-state index contributed by atoms with van der Waals surface area (Å²) in [5.74, 6) is 0.518. The summed E-state index contributed by atoms with van der Waals surface area (Å²) >= 11 is 5.96. The van der Waals surface area contributed by atoms with Gasteiger partial charge in [0.05, 0.1) is 9.95 Å². The van der Waals surface area contributed by atoms with E-state index in [1.165, 1.54) is 24.6 Å². The van der Waals surface area contributed by atoms with Crippen LogP contribution < -0.4 is 19.5 Å². The molecule has 0 unspecified atom stereocenters. The van der Waals surface area contributed by atoms with E-state index < -0.39 is 16.6 Å². The molecular weight excluding hydrogens is 400 g/mol. The van der Waals surface area contributed by atoms with Gasteiger partial charge < -0.3 is 19.5 Å². The second-order valence-corrected chi connectivity index (χ2v) is 7.45. The first kappa shape index (κ1) is 19.3. The van der Waals surface area contributed by atoms with Gasteiger partial charge in [0.1, 0.15) is 5.75 Å². The summed E-state index contributed by atoms with van der Waals surface area (Å²) in [7, 11) is 0. The lowest BCUT2D eigenvalue weighted by atomic mass is 9.94. The second kappa shape index (κ2) is 7.79. The van der Waals surface area contributed by atoms with E-state index in [4.69, 9.17) is 25.8 Å². The summed E-state index contributed by atoms with van der Waals surface area (Å²) in [6.07, 6.45) is 5.03. The van der Waals surface area contributed by atoms with Crippen LogP contribution in [0.5, 0.6) is 17.2 Å². The highest BCUT2D eigenvalue weighted by Crippen LogP contribution is 2.46. The Morgan fingerprint density at radius 1 is 1.14 bits per heavy atom. The molecular formula is C20H19ClN2O6. The quantitative estimate of drug-likeness (QED) is 0.558. The number of carbonyl (C=O) groups is 1. The average Bonchev–Trinajstić information content (AvgIpc) is 3.03. The molecule has 2 aliphatic rings. The fourth-order valence-electron chi connectivity index (χ4n) is 3.53. The number of amides is 1. The number of nitrogens with one attached hydrogen (secondary N) is 1. The predicted molar refractivity (Wildman–Crippen MR) is 106 cm³/mol. The van der Waals surface area contributed by atoms with Gasteiger partial charge in [-0.1, -0.05) is 18.0 Å². The monoisotopic (exact) mass is 418 g/mol. The highest BCUT2D eigenvalue weighted by molar-refractivity contribution is 6.32. The minimum Gasteiger partial charge on any atom is -0.482 e. The minimum atomic E-state index is -0.570. The maximum atomic E-state index is 12.2. The lowest BCUT2D eigenvalue weighted by Gasteiger charge is -2.31. The van der Waals surface area contributed by atoms with Crippen molar-refractivity contribution in [1.29, 1.82) is 0 Å². The highest BCUT2D eigenvalue weighted by atomic mass is 35.5. The maximum absolute atomic E-state index is 12.2. The van der Waals surface area contributed by atoms with Crippen LogP contribution in [-0.2, 0) is 4.79 Å². The molecule has 0 atom stereocenters. The Kier molecular flexibility index (Phi) is 5.19. The van der Waals surface area contributed by atoms with Crippen LogP contribution in [0.15, 0.2) is 36.4 Å². The van der Waals surface area contributed by atoms with Crippen LogP contribution in [0, 0.1) is 10.1 Å². The van der Waals surface area contributed by atoms with Crippen LogP contribution in [0.2, 0.25) is 5.02 Å². The largest absolute Gasteiger partial charge is 0.482 e. The van der Waals surface area contributed by atoms with E-state index in [2.05, 4.69) is 5.32 Å². The predicted octanol–water partition coefficient (Wildman–Crippen LogP) is 4.70. The number of rotatable bonds is 5. The van der Waals surface area contributed by atoms with Crippen molar-refractivity contribution in [2.75, 3.05) is 11.9 Å². The summed E-state index contributed by atoms with van der Waals surface area (Å²) in [5, 5.41) is 13.5. The number of hydrogen-bond acceptors (Lipinski definition) is 6. The van der Waals surface area contributed by atoms with Crippen molar-refractivity contribution in [3.63, 3.8) is 0 Å². The lowest BCUT2D eigenvalue weighted by molar-refractivity contribution is -0.384. The molecule has 0 saturated heterocycles. The van der Waals surface area contributed by atoms with E-state index >= 15 is 0 Å². The number of ether oxygens (including phenoxy) is 3. The topological polar surface area (TPSA) is 99.9 Å². The third kappa shape index (κ3) is 4.22. The van der Waals surface area contributed by atoms with Gasteiger partial charge in [-0.3, -0.25) is 14.9 Å². The van der Waals surface area contributed by atoms with Crippen molar-refractivity contribution >= 4 is 28.9 Å². The van der Waals surface area contributed by atoms with Gasteiger partial charge in [-0.25, -0.2) is 0 Å². The molecule has 1 spiro atoms. The fraction of sp³-hybridized carbons (Fsp3) is 0.350. The molecule has 8 nitrogen and oxygen atoms in total. The van der Waals surface area contributed by atoms with Crippen LogP contribution in [-0.4, -0.2) is 23.2 Å². The maximum Gasteiger partial charge on any atom is 0.271 e. The molecule has 0 radical (unpaired) electrons. The van der Waals surface area contributed by atoms with Gasteiger partial charge in [0, 0.05) is 36.7 Å². The Bertz CT molecular complexity index is 958. The van der Waals surface area contributed by atoms with Gasteiger partial charge >= 0.3 is 0 Å². The molecule has 1 amide bonds. The number of non-ortho nitro benzene ring substituents is 1. The van der Waals surface area contributed by atoms with Gasteiger partial charge in [0.2, 0.25) is 0 Å². The summed E-state index contributed by atoms with van der Waals surface area (Å²) in [6, 6.07) is 9.04. The molecule has 1 aliphatic heterocycles. The molecule has 1 aliphatic carbocycles. The molecule has 4 rings (SSSR count). The molecule has 1 N–H and O–H groups in total. The Balaban J connectivity index is 1.35. The first-order valence-corrected chi connectivity index (χ1v) is 9.71. The van der Waals surface area contributed by atoms with E-state index in [9.17, 15) is 14.9 Å². The van der Waals surface area contributed by atoms with Crippen molar-refractivity contribution in [3.05, 3.63) is 51.5 Å². The molecule has 2 aromatic carbocycles. The van der Waals surface area contributed by atoms with Crippen molar-refractivity contribution in [1.82, 2.24) is 0 Å². The molecule has 0 bridgehead atoms. The number of nitro benzene ring substituents is 1. The Labute approximate surface area is 171 Å². The molecule has 1 heterocycles. The first-order valence-electron chi connectivity index (χ1n) is 9.33. The number of benzene rings is 2. The summed E-state index contributed by atoms with van der Waals surface area (Å²) in [6.45, 7) is -0.296. The standard InChI is InChI=1S/C20H19ClN2O6/c21-15-11-14(23(25)26)5-7-16(15)27-12-19(24)22-13-4-6-17-18(10-13)29-20(28-17)8-2-1-3-9-20/h4-7,10-11H,1-3,8-9,12H2,(H,22,24). The molecule has 1 fully saturated rings. The van der Waals surface area contributed by atoms with Gasteiger partial charge in [-0.2, -0.15) is 0 Å². The third-order valence-electron chi connectivity index (χ3n) is 4.92. The van der Waals surface area contributed by atoms with Crippen LogP contribution in [0.1, 0.15) is 32.1 Å². The van der Waals surface area contributed by atoms with E-state index in [0.717, 1.165) is 25.7 Å². The van der Waals surface area contributed by atoms with Crippen LogP contribution in [0.25, 0.3) is 0 Å². The lowest BCUT2D eigenvalue weighted by Crippen LogP contribution is -2.40. The number of nitro groups is 1. The van der Waals surface area contributed by atoms with Crippen LogP contribution in [0.4, 0.5) is 11.4 Å². The zero-order valence-electron chi connectivity index (χ0n) is 15.5. The van der Waals surface area contributed by atoms with Gasteiger partial charge in [-0.05, 0) is 31.0 Å². The normalized spacial score (nSPS) is 16.4. The average molecular weight is 419 g/mol. The van der Waals surface area contributed by atoms with E-state index in [1.54, 1.807) is 18.2 Å². The van der Waals surface area contributed by atoms with Crippen molar-refractivity contribution < 1.29 is 23.9 Å². The number of fused-ring (bicyclic) bond motifs is 1. The molecule has 29 heavy (non-hydrogen) atoms. The summed E-state index contributed by atoms with van der Waals surface area (Å²) in [4.78, 5) is 22.4. The van der Waals surface area contributed by atoms with E-state index in [-0.39, 0.29) is 23.1 Å². The van der Waals surface area contributed by atoms with Gasteiger partial charge in [0.25, 0.3) is 17.4 Å². The van der Waals surface area contributed by atoms with Crippen molar-refractivity contribution in [3.8, 4) is 17.2 Å². The highest BCUT2D eigenvalue weighted by Gasteiger charge is 2.42. The number of halogens is 1. The Morgan fingerprint density at radius 3 is 2.62 bits per heavy atom. The summed E-state index contributed by atoms with van der Waals surface area (Å²) < 4.78 is 17.4. The summed E-state index contributed by atoms with van der Waals surface area (Å²) in [5.41, 5.74) is 0.409. The molecule has 0 aromatic heterocycles. The SMILES string of the molecule is O=C(COc1ccc([N+](=O)[O-])cc1Cl)Nc1ccc2c(c1)OC1(CCCCC1)O2. The third-order valence-corrected chi connectivity index (χ3v) is 5.22. The molecule has 2 aromatic rings. The zero-order chi connectivity index (χ0) is 20.4. The van der Waals surface area contributed by atoms with E-state index in [1.807, 2.05) is 0 Å². The zero-order valence-corrected chi connectivity index (χ0v) is 16.2. The van der Waals surface area contributed by atoms with Gasteiger partial charge in [0.15, 0.2) is 18.1 Å². The van der Waals surface area contributed by atoms with Gasteiger partial charge in [-0.15, -0.1) is 0 Å². The van der Waals surface area contributed by atoms with E-state index in [0.29, 0.717) is 17.2 Å². The number of anilines is 1. The van der Waals surface area contributed by atoms with Crippen LogP contribution >= 0.6 is 11.6 Å². The minimum absolute atomic E-state index is 0.0628. The second-order valence-electron chi connectivity index (χ2n) is 7.05. The van der Waals surface area contributed by atoms with Crippen LogP contribution in [0.3, 0.4) is 0 Å². The number of hydrogen-bond donors (Lipinski definition) is 1. The fourth-order valence-corrected chi connectivity index (χ4v) is 3.76. The van der Waals surface area contributed by atoms with Crippen molar-refractivity contribution in [2.45, 2.75) is 37.9 Å².